The number of aryl methyl sites for hydroxylation is 1. The van der Waals surface area contributed by atoms with E-state index in [1.54, 1.807) is 0 Å². The molecule has 0 bridgehead atoms. The van der Waals surface area contributed by atoms with Crippen molar-refractivity contribution in [2.75, 3.05) is 19.6 Å². The van der Waals surface area contributed by atoms with E-state index >= 15 is 0 Å². The average Bonchev–Trinajstić information content (AvgIpc) is 3.00. The van der Waals surface area contributed by atoms with Crippen LogP contribution >= 0.6 is 0 Å². The molecule has 1 aliphatic rings. The molecule has 6 nitrogen and oxygen atoms in total. The molecule has 0 spiro atoms. The van der Waals surface area contributed by atoms with Crippen LogP contribution in [0, 0.1) is 5.92 Å². The number of carbonyl (C=O) groups excluding carboxylic acids is 1. The first-order valence-corrected chi connectivity index (χ1v) is 8.21. The van der Waals surface area contributed by atoms with Gasteiger partial charge in [-0.3, -0.25) is 9.69 Å². The van der Waals surface area contributed by atoms with Crippen LogP contribution in [0.3, 0.4) is 0 Å². The summed E-state index contributed by atoms with van der Waals surface area (Å²) in [6, 6.07) is -0.0673. The number of rotatable bonds is 6. The number of halogens is 3. The topological polar surface area (TPSA) is 71.3 Å². The van der Waals surface area contributed by atoms with Gasteiger partial charge in [0.05, 0.1) is 6.04 Å². The third-order valence-corrected chi connectivity index (χ3v) is 4.23. The minimum atomic E-state index is -4.38. The molecule has 1 aromatic rings. The van der Waals surface area contributed by atoms with Crippen molar-refractivity contribution in [3.63, 3.8) is 0 Å². The quantitative estimate of drug-likeness (QED) is 0.855. The zero-order valence-electron chi connectivity index (χ0n) is 13.9. The number of hydrogen-bond acceptors (Lipinski definition) is 5. The average molecular weight is 348 g/mol. The maximum absolute atomic E-state index is 12.1. The van der Waals surface area contributed by atoms with E-state index in [0.29, 0.717) is 37.6 Å². The fourth-order valence-electron chi connectivity index (χ4n) is 2.80. The molecule has 1 saturated heterocycles. The standard InChI is InChI=1S/C15H23F3N4O2/c1-3-4-12-20-14(24-21-12)10(2)22-7-5-11(6-8-22)13(23)19-9-15(16,17)18/h10-11H,3-9H2,1-2H3,(H,19,23)/t10-/m1/s1. The fourth-order valence-corrected chi connectivity index (χ4v) is 2.80. The molecule has 0 unspecified atom stereocenters. The highest BCUT2D eigenvalue weighted by atomic mass is 19.4. The van der Waals surface area contributed by atoms with Crippen LogP contribution in [0.1, 0.15) is 50.9 Å². The van der Waals surface area contributed by atoms with Gasteiger partial charge in [0.25, 0.3) is 0 Å². The highest BCUT2D eigenvalue weighted by Crippen LogP contribution is 2.26. The number of piperidine rings is 1. The van der Waals surface area contributed by atoms with Crippen LogP contribution in [0.25, 0.3) is 0 Å². The number of nitrogens with one attached hydrogen (secondary N) is 1. The number of carbonyl (C=O) groups is 1. The Hall–Kier alpha value is -1.64. The molecule has 0 aromatic carbocycles. The SMILES string of the molecule is CCCc1noc([C@@H](C)N2CCC(C(=O)NCC(F)(F)F)CC2)n1. The first kappa shape index (κ1) is 18.7. The number of nitrogens with zero attached hydrogens (tertiary/aromatic N) is 3. The maximum Gasteiger partial charge on any atom is 0.405 e. The monoisotopic (exact) mass is 348 g/mol. The summed E-state index contributed by atoms with van der Waals surface area (Å²) in [5, 5.41) is 5.89. The Bertz CT molecular complexity index is 539. The summed E-state index contributed by atoms with van der Waals surface area (Å²) in [7, 11) is 0. The van der Waals surface area contributed by atoms with Gasteiger partial charge in [-0.15, -0.1) is 0 Å². The highest BCUT2D eigenvalue weighted by molar-refractivity contribution is 5.78. The number of amides is 1. The molecule has 0 radical (unpaired) electrons. The number of hydrogen-bond donors (Lipinski definition) is 1. The van der Waals surface area contributed by atoms with Crippen molar-refractivity contribution in [2.24, 2.45) is 5.92 Å². The van der Waals surface area contributed by atoms with Crippen molar-refractivity contribution >= 4 is 5.91 Å². The Morgan fingerprint density at radius 3 is 2.67 bits per heavy atom. The van der Waals surface area contributed by atoms with E-state index in [1.807, 2.05) is 19.2 Å². The Balaban J connectivity index is 1.82. The summed E-state index contributed by atoms with van der Waals surface area (Å²) in [5.41, 5.74) is 0. The zero-order chi connectivity index (χ0) is 17.7. The van der Waals surface area contributed by atoms with Gasteiger partial charge in [0.15, 0.2) is 5.82 Å². The summed E-state index contributed by atoms with van der Waals surface area (Å²) in [4.78, 5) is 18.3. The molecule has 136 valence electrons. The van der Waals surface area contributed by atoms with Gasteiger partial charge in [-0.25, -0.2) is 0 Å². The van der Waals surface area contributed by atoms with E-state index in [2.05, 4.69) is 15.0 Å². The minimum absolute atomic E-state index is 0.0673. The van der Waals surface area contributed by atoms with Crippen molar-refractivity contribution in [1.82, 2.24) is 20.4 Å². The second-order valence-corrected chi connectivity index (χ2v) is 6.12. The summed E-state index contributed by atoms with van der Waals surface area (Å²) in [5.74, 6) is 0.316. The van der Waals surface area contributed by atoms with Gasteiger partial charge in [0, 0.05) is 12.3 Å². The number of likely N-dealkylation sites (tertiary alicyclic amines) is 1. The molecular weight excluding hydrogens is 325 g/mol. The molecule has 2 rings (SSSR count). The second-order valence-electron chi connectivity index (χ2n) is 6.12. The van der Waals surface area contributed by atoms with Gasteiger partial charge in [-0.2, -0.15) is 18.2 Å². The van der Waals surface area contributed by atoms with E-state index in [0.717, 1.165) is 12.8 Å². The molecule has 0 aliphatic carbocycles. The van der Waals surface area contributed by atoms with E-state index in [4.69, 9.17) is 4.52 Å². The molecule has 1 N–H and O–H groups in total. The van der Waals surface area contributed by atoms with Crippen molar-refractivity contribution in [1.29, 1.82) is 0 Å². The second kappa shape index (κ2) is 7.96. The first-order valence-electron chi connectivity index (χ1n) is 8.21. The lowest BCUT2D eigenvalue weighted by Crippen LogP contribution is -2.43. The van der Waals surface area contributed by atoms with Crippen molar-refractivity contribution < 1.29 is 22.5 Å². The Kier molecular flexibility index (Phi) is 6.20. The third-order valence-electron chi connectivity index (χ3n) is 4.23. The van der Waals surface area contributed by atoms with Gasteiger partial charge in [-0.1, -0.05) is 12.1 Å². The minimum Gasteiger partial charge on any atom is -0.347 e. The van der Waals surface area contributed by atoms with Crippen molar-refractivity contribution in [3.05, 3.63) is 11.7 Å². The zero-order valence-corrected chi connectivity index (χ0v) is 13.9. The van der Waals surface area contributed by atoms with E-state index in [-0.39, 0.29) is 12.0 Å². The summed E-state index contributed by atoms with van der Waals surface area (Å²) in [6.07, 6.45) is -1.64. The van der Waals surface area contributed by atoms with Gasteiger partial charge in [-0.05, 0) is 39.3 Å². The van der Waals surface area contributed by atoms with Crippen LogP contribution in [0.5, 0.6) is 0 Å². The molecule has 24 heavy (non-hydrogen) atoms. The van der Waals surface area contributed by atoms with Crippen LogP contribution in [0.15, 0.2) is 4.52 Å². The summed E-state index contributed by atoms with van der Waals surface area (Å²) < 4.78 is 41.7. The van der Waals surface area contributed by atoms with Crippen LogP contribution in [-0.4, -0.2) is 46.8 Å². The largest absolute Gasteiger partial charge is 0.405 e. The van der Waals surface area contributed by atoms with Crippen LogP contribution in [0.2, 0.25) is 0 Å². The van der Waals surface area contributed by atoms with E-state index in [9.17, 15) is 18.0 Å². The smallest absolute Gasteiger partial charge is 0.347 e. The lowest BCUT2D eigenvalue weighted by Gasteiger charge is -2.33. The predicted octanol–water partition coefficient (Wildman–Crippen LogP) is 2.47. The molecule has 1 aromatic heterocycles. The molecule has 1 amide bonds. The Morgan fingerprint density at radius 1 is 1.42 bits per heavy atom. The summed E-state index contributed by atoms with van der Waals surface area (Å²) in [6.45, 7) is 3.93. The first-order chi connectivity index (χ1) is 11.3. The lowest BCUT2D eigenvalue weighted by molar-refractivity contribution is -0.141. The highest BCUT2D eigenvalue weighted by Gasteiger charge is 2.32. The van der Waals surface area contributed by atoms with Crippen LogP contribution in [0.4, 0.5) is 13.2 Å². The maximum atomic E-state index is 12.1. The molecular formula is C15H23F3N4O2. The predicted molar refractivity (Wildman–Crippen MR) is 80.1 cm³/mol. The Morgan fingerprint density at radius 2 is 2.08 bits per heavy atom. The van der Waals surface area contributed by atoms with Gasteiger partial charge in [0.1, 0.15) is 6.54 Å². The Labute approximate surface area is 138 Å². The number of alkyl halides is 3. The number of aromatic nitrogens is 2. The summed E-state index contributed by atoms with van der Waals surface area (Å²) >= 11 is 0. The van der Waals surface area contributed by atoms with E-state index < -0.39 is 18.6 Å². The van der Waals surface area contributed by atoms with Crippen LogP contribution in [-0.2, 0) is 11.2 Å². The van der Waals surface area contributed by atoms with Gasteiger partial charge < -0.3 is 9.84 Å². The third kappa shape index (κ3) is 5.19. The molecule has 9 heteroatoms. The normalized spacial score (nSPS) is 18.5. The van der Waals surface area contributed by atoms with Crippen LogP contribution < -0.4 is 5.32 Å². The molecule has 1 fully saturated rings. The van der Waals surface area contributed by atoms with Gasteiger partial charge >= 0.3 is 6.18 Å². The van der Waals surface area contributed by atoms with Crippen molar-refractivity contribution in [3.8, 4) is 0 Å². The molecule has 0 saturated carbocycles. The molecule has 1 aliphatic heterocycles. The van der Waals surface area contributed by atoms with Crippen molar-refractivity contribution in [2.45, 2.75) is 51.7 Å². The van der Waals surface area contributed by atoms with E-state index in [1.165, 1.54) is 0 Å². The molecule has 1 atom stereocenters. The fraction of sp³-hybridized carbons (Fsp3) is 0.800. The lowest BCUT2D eigenvalue weighted by atomic mass is 9.95. The molecule has 2 heterocycles. The van der Waals surface area contributed by atoms with Gasteiger partial charge in [0.2, 0.25) is 11.8 Å².